The monoisotopic (exact) mass is 365 g/mol. The number of aromatic amines is 1. The maximum Gasteiger partial charge on any atom is 0.308 e. The van der Waals surface area contributed by atoms with E-state index in [-0.39, 0.29) is 30.5 Å². The lowest BCUT2D eigenvalue weighted by Gasteiger charge is -2.16. The second kappa shape index (κ2) is 6.75. The molecule has 138 valence electrons. The van der Waals surface area contributed by atoms with Crippen molar-refractivity contribution in [3.8, 4) is 0 Å². The average molecular weight is 365 g/mol. The summed E-state index contributed by atoms with van der Waals surface area (Å²) < 4.78 is 1.28. The number of carbonyl (C=O) groups is 2. The van der Waals surface area contributed by atoms with Gasteiger partial charge in [-0.15, -0.1) is 0 Å². The molecule has 1 aliphatic heterocycles. The van der Waals surface area contributed by atoms with E-state index in [9.17, 15) is 19.5 Å². The minimum Gasteiger partial charge on any atom is -0.481 e. The molecule has 1 aromatic heterocycles. The van der Waals surface area contributed by atoms with E-state index in [1.54, 1.807) is 18.2 Å². The molecule has 3 aromatic rings. The number of carboxylic acid groups (broad SMARTS) is 1. The van der Waals surface area contributed by atoms with Gasteiger partial charge in [-0.05, 0) is 17.7 Å². The van der Waals surface area contributed by atoms with Crippen molar-refractivity contribution in [2.45, 2.75) is 12.5 Å². The summed E-state index contributed by atoms with van der Waals surface area (Å²) in [6.45, 7) is 0.332. The van der Waals surface area contributed by atoms with Gasteiger partial charge in [0.25, 0.3) is 5.56 Å². The summed E-state index contributed by atoms with van der Waals surface area (Å²) in [5.41, 5.74) is 1.32. The third-order valence-electron chi connectivity index (χ3n) is 5.17. The van der Waals surface area contributed by atoms with Crippen molar-refractivity contribution in [1.82, 2.24) is 14.7 Å². The summed E-state index contributed by atoms with van der Waals surface area (Å²) in [4.78, 5) is 38.4. The third-order valence-corrected chi connectivity index (χ3v) is 5.17. The zero-order valence-electron chi connectivity index (χ0n) is 14.5. The number of likely N-dealkylation sites (tertiary alicyclic amines) is 1. The number of para-hydroxylation sites is 1. The van der Waals surface area contributed by atoms with Crippen molar-refractivity contribution in [1.29, 1.82) is 0 Å². The van der Waals surface area contributed by atoms with Crippen LogP contribution in [-0.4, -0.2) is 44.8 Å². The predicted molar refractivity (Wildman–Crippen MR) is 99.4 cm³/mol. The highest BCUT2D eigenvalue weighted by molar-refractivity contribution is 5.81. The molecule has 0 radical (unpaired) electrons. The van der Waals surface area contributed by atoms with E-state index in [2.05, 4.69) is 5.10 Å². The van der Waals surface area contributed by atoms with Gasteiger partial charge in [0.1, 0.15) is 6.54 Å². The molecule has 0 unspecified atom stereocenters. The standard InChI is InChI=1S/C20H19N3O4/c24-18(12-23-19(25)14-8-4-5-9-17(14)21-23)22-10-15(16(11-22)20(26)27)13-6-2-1-3-7-13/h1-9,15-16,21H,10-12H2,(H,26,27)/t15-,16+/m0/s1. The van der Waals surface area contributed by atoms with E-state index < -0.39 is 11.9 Å². The van der Waals surface area contributed by atoms with Crippen LogP contribution in [-0.2, 0) is 16.1 Å². The van der Waals surface area contributed by atoms with Crippen LogP contribution in [0.5, 0.6) is 0 Å². The number of H-pyrrole nitrogens is 1. The molecule has 0 aliphatic carbocycles. The molecular weight excluding hydrogens is 346 g/mol. The summed E-state index contributed by atoms with van der Waals surface area (Å²) in [7, 11) is 0. The van der Waals surface area contributed by atoms with E-state index in [0.29, 0.717) is 17.4 Å². The molecule has 2 N–H and O–H groups in total. The summed E-state index contributed by atoms with van der Waals surface area (Å²) in [5.74, 6) is -2.10. The van der Waals surface area contributed by atoms with Gasteiger partial charge in [0.2, 0.25) is 5.91 Å². The number of hydrogen-bond acceptors (Lipinski definition) is 3. The number of aromatic nitrogens is 2. The lowest BCUT2D eigenvalue weighted by molar-refractivity contribution is -0.141. The van der Waals surface area contributed by atoms with Crippen LogP contribution in [0.25, 0.3) is 10.9 Å². The van der Waals surface area contributed by atoms with Crippen LogP contribution in [0.3, 0.4) is 0 Å². The molecule has 27 heavy (non-hydrogen) atoms. The summed E-state index contributed by atoms with van der Waals surface area (Å²) in [5, 5.41) is 13.0. The highest BCUT2D eigenvalue weighted by Gasteiger charge is 2.40. The fourth-order valence-corrected chi connectivity index (χ4v) is 3.75. The van der Waals surface area contributed by atoms with Gasteiger partial charge in [-0.2, -0.15) is 0 Å². The van der Waals surface area contributed by atoms with Crippen molar-refractivity contribution in [3.05, 3.63) is 70.5 Å². The molecule has 4 rings (SSSR count). The molecule has 0 bridgehead atoms. The van der Waals surface area contributed by atoms with Crippen molar-refractivity contribution >= 4 is 22.8 Å². The van der Waals surface area contributed by atoms with Crippen molar-refractivity contribution in [3.63, 3.8) is 0 Å². The molecule has 0 saturated carbocycles. The Balaban J connectivity index is 1.56. The minimum absolute atomic E-state index is 0.138. The first-order valence-electron chi connectivity index (χ1n) is 8.77. The Morgan fingerprint density at radius 3 is 2.44 bits per heavy atom. The second-order valence-corrected chi connectivity index (χ2v) is 6.81. The van der Waals surface area contributed by atoms with Crippen molar-refractivity contribution in [2.75, 3.05) is 13.1 Å². The number of amides is 1. The minimum atomic E-state index is -0.915. The first-order valence-corrected chi connectivity index (χ1v) is 8.77. The smallest absolute Gasteiger partial charge is 0.308 e. The molecule has 2 aromatic carbocycles. The molecule has 7 heteroatoms. The number of carboxylic acids is 1. The molecule has 1 amide bonds. The van der Waals surface area contributed by atoms with E-state index in [1.165, 1.54) is 9.58 Å². The van der Waals surface area contributed by atoms with E-state index in [4.69, 9.17) is 0 Å². The predicted octanol–water partition coefficient (Wildman–Crippen LogP) is 1.66. The SMILES string of the molecule is O=C(O)[C@@H]1CN(C(=O)Cn2[nH]c3ccccc3c2=O)C[C@H]1c1ccccc1. The van der Waals surface area contributed by atoms with Gasteiger partial charge in [0, 0.05) is 19.0 Å². The normalized spacial score (nSPS) is 19.5. The molecular formula is C20H19N3O4. The van der Waals surface area contributed by atoms with Crippen LogP contribution in [0.1, 0.15) is 11.5 Å². The maximum absolute atomic E-state index is 12.7. The number of nitrogens with one attached hydrogen (secondary N) is 1. The van der Waals surface area contributed by atoms with Gasteiger partial charge in [-0.1, -0.05) is 42.5 Å². The van der Waals surface area contributed by atoms with E-state index >= 15 is 0 Å². The highest BCUT2D eigenvalue weighted by atomic mass is 16.4. The molecule has 1 fully saturated rings. The van der Waals surface area contributed by atoms with Gasteiger partial charge in [0.05, 0.1) is 16.8 Å². The molecule has 1 saturated heterocycles. The summed E-state index contributed by atoms with van der Waals surface area (Å²) in [6, 6.07) is 16.4. The highest BCUT2D eigenvalue weighted by Crippen LogP contribution is 2.33. The number of nitrogens with zero attached hydrogens (tertiary/aromatic N) is 2. The number of benzene rings is 2. The number of carbonyl (C=O) groups excluding carboxylic acids is 1. The topological polar surface area (TPSA) is 95.4 Å². The first kappa shape index (κ1) is 17.1. The van der Waals surface area contributed by atoms with Crippen molar-refractivity contribution < 1.29 is 14.7 Å². The van der Waals surface area contributed by atoms with Gasteiger partial charge in [-0.3, -0.25) is 19.5 Å². The summed E-state index contributed by atoms with van der Waals surface area (Å²) >= 11 is 0. The zero-order valence-corrected chi connectivity index (χ0v) is 14.5. The van der Waals surface area contributed by atoms with Crippen LogP contribution in [0, 0.1) is 5.92 Å². The Labute approximate surface area is 154 Å². The van der Waals surface area contributed by atoms with Crippen LogP contribution >= 0.6 is 0 Å². The molecule has 2 heterocycles. The van der Waals surface area contributed by atoms with Crippen LogP contribution in [0.4, 0.5) is 0 Å². The Hall–Kier alpha value is -3.35. The molecule has 7 nitrogen and oxygen atoms in total. The van der Waals surface area contributed by atoms with Gasteiger partial charge < -0.3 is 10.0 Å². The van der Waals surface area contributed by atoms with E-state index in [1.807, 2.05) is 36.4 Å². The molecule has 1 aliphatic rings. The number of aliphatic carboxylic acids is 1. The lowest BCUT2D eigenvalue weighted by Crippen LogP contribution is -2.35. The van der Waals surface area contributed by atoms with Gasteiger partial charge in [0.15, 0.2) is 0 Å². The van der Waals surface area contributed by atoms with Gasteiger partial charge >= 0.3 is 5.97 Å². The fraction of sp³-hybridized carbons (Fsp3) is 0.250. The average Bonchev–Trinajstić information content (AvgIpc) is 3.26. The Kier molecular flexibility index (Phi) is 4.27. The van der Waals surface area contributed by atoms with Crippen LogP contribution < -0.4 is 5.56 Å². The molecule has 0 spiro atoms. The van der Waals surface area contributed by atoms with Crippen molar-refractivity contribution in [2.24, 2.45) is 5.92 Å². The lowest BCUT2D eigenvalue weighted by atomic mass is 9.89. The Morgan fingerprint density at radius 2 is 1.74 bits per heavy atom. The zero-order chi connectivity index (χ0) is 19.0. The number of hydrogen-bond donors (Lipinski definition) is 2. The maximum atomic E-state index is 12.7. The van der Waals surface area contributed by atoms with E-state index in [0.717, 1.165) is 5.56 Å². The molecule has 2 atom stereocenters. The third kappa shape index (κ3) is 3.12. The Bertz CT molecular complexity index is 1050. The quantitative estimate of drug-likeness (QED) is 0.735. The number of fused-ring (bicyclic) bond motifs is 1. The fourth-order valence-electron chi connectivity index (χ4n) is 3.75. The first-order chi connectivity index (χ1) is 13.0. The Morgan fingerprint density at radius 1 is 1.04 bits per heavy atom. The second-order valence-electron chi connectivity index (χ2n) is 6.81. The van der Waals surface area contributed by atoms with Gasteiger partial charge in [-0.25, -0.2) is 4.68 Å². The largest absolute Gasteiger partial charge is 0.481 e. The van der Waals surface area contributed by atoms with Crippen LogP contribution in [0.15, 0.2) is 59.4 Å². The summed E-state index contributed by atoms with van der Waals surface area (Å²) in [6.07, 6.45) is 0. The van der Waals surface area contributed by atoms with Crippen LogP contribution in [0.2, 0.25) is 0 Å². The number of rotatable bonds is 4.